The third-order valence-electron chi connectivity index (χ3n) is 7.88. The largest absolute Gasteiger partial charge is 0.457 e. The summed E-state index contributed by atoms with van der Waals surface area (Å²) in [5.74, 6) is -0.220. The van der Waals surface area contributed by atoms with Gasteiger partial charge in [0.1, 0.15) is 23.6 Å². The van der Waals surface area contributed by atoms with E-state index in [1.54, 1.807) is 24.3 Å². The number of carbonyl (C=O) groups excluding carboxylic acids is 4. The summed E-state index contributed by atoms with van der Waals surface area (Å²) in [6.07, 6.45) is 1.82. The lowest BCUT2D eigenvalue weighted by Crippen LogP contribution is -2.53. The maximum Gasteiger partial charge on any atom is 0.254 e. The number of Topliss-reactive ketones (excluding diaryl/α,β-unsaturated/α-hetero) is 1. The number of amides is 3. The molecule has 3 aromatic carbocycles. The van der Waals surface area contributed by atoms with Gasteiger partial charge in [0, 0.05) is 23.9 Å². The Morgan fingerprint density at radius 2 is 1.59 bits per heavy atom. The predicted molar refractivity (Wildman–Crippen MR) is 163 cm³/mol. The fourth-order valence-corrected chi connectivity index (χ4v) is 6.47. The minimum atomic E-state index is -3.53. The van der Waals surface area contributed by atoms with Gasteiger partial charge in [-0.3, -0.25) is 19.2 Å². The zero-order valence-electron chi connectivity index (χ0n) is 24.8. The molecule has 2 aliphatic heterocycles. The van der Waals surface area contributed by atoms with Gasteiger partial charge in [-0.05, 0) is 73.4 Å². The number of rotatable bonds is 9. The molecule has 2 aliphatic rings. The summed E-state index contributed by atoms with van der Waals surface area (Å²) in [4.78, 5) is 56.6. The van der Waals surface area contributed by atoms with Crippen LogP contribution in [0.25, 0.3) is 0 Å². The molecule has 11 heteroatoms. The van der Waals surface area contributed by atoms with Crippen LogP contribution in [0.2, 0.25) is 0 Å². The highest BCUT2D eigenvalue weighted by atomic mass is 32.2. The first-order valence-corrected chi connectivity index (χ1v) is 16.4. The van der Waals surface area contributed by atoms with Crippen LogP contribution in [0.3, 0.4) is 0 Å². The number of fused-ring (bicyclic) bond motifs is 1. The predicted octanol–water partition coefficient (Wildman–Crippen LogP) is 3.72. The molecule has 0 saturated carbocycles. The first-order valence-electron chi connectivity index (χ1n) is 14.5. The lowest BCUT2D eigenvalue weighted by molar-refractivity contribution is -0.138. The summed E-state index contributed by atoms with van der Waals surface area (Å²) in [7, 11) is -3.53. The quantitative estimate of drug-likeness (QED) is 0.387. The lowest BCUT2D eigenvalue weighted by atomic mass is 10.0. The Balaban J connectivity index is 1.29. The average Bonchev–Trinajstić information content (AvgIpc) is 3.57. The molecule has 10 nitrogen and oxygen atoms in total. The van der Waals surface area contributed by atoms with Gasteiger partial charge < -0.3 is 19.9 Å². The number of sulfone groups is 1. The van der Waals surface area contributed by atoms with E-state index in [9.17, 15) is 27.6 Å². The summed E-state index contributed by atoms with van der Waals surface area (Å²) in [6, 6.07) is 19.4. The van der Waals surface area contributed by atoms with Gasteiger partial charge in [0.25, 0.3) is 11.8 Å². The Kier molecular flexibility index (Phi) is 8.87. The number of benzene rings is 3. The van der Waals surface area contributed by atoms with Gasteiger partial charge in [-0.25, -0.2) is 8.42 Å². The summed E-state index contributed by atoms with van der Waals surface area (Å²) in [5.41, 5.74) is 0.521. The lowest BCUT2D eigenvalue weighted by Gasteiger charge is -2.29. The molecule has 0 bridgehead atoms. The van der Waals surface area contributed by atoms with E-state index in [1.807, 2.05) is 44.2 Å². The van der Waals surface area contributed by atoms with Crippen LogP contribution in [0.5, 0.6) is 11.5 Å². The normalized spacial score (nSPS) is 18.7. The van der Waals surface area contributed by atoms with E-state index in [1.165, 1.54) is 34.1 Å². The topological polar surface area (TPSA) is 130 Å². The number of hydrogen-bond donors (Lipinski definition) is 1. The van der Waals surface area contributed by atoms with Gasteiger partial charge in [0.05, 0.1) is 17.5 Å². The van der Waals surface area contributed by atoms with Crippen LogP contribution in [0, 0.1) is 5.92 Å². The fourth-order valence-electron chi connectivity index (χ4n) is 5.80. The Morgan fingerprint density at radius 1 is 0.909 bits per heavy atom. The minimum Gasteiger partial charge on any atom is -0.457 e. The standard InChI is InChI=1S/C33H35N3O7S/c1-21(2)18-27(34-31(38)22-12-14-25(15-13-22)43-24-9-5-4-6-10-24)33(40)35-17-16-28-30(35)29(37)20-36(28)32(39)23-8-7-11-26(19-23)44(3,41)42/h4-15,19,21,27-28,30H,16-18,20H2,1-3H3,(H,34,38)/t27-,28+,30-/m0/s1. The highest BCUT2D eigenvalue weighted by molar-refractivity contribution is 7.90. The number of nitrogens with one attached hydrogen (secondary N) is 1. The van der Waals surface area contributed by atoms with Gasteiger partial charge in [-0.15, -0.1) is 0 Å². The number of para-hydroxylation sites is 1. The van der Waals surface area contributed by atoms with Crippen LogP contribution >= 0.6 is 0 Å². The second-order valence-electron chi connectivity index (χ2n) is 11.6. The van der Waals surface area contributed by atoms with E-state index in [-0.39, 0.29) is 41.2 Å². The van der Waals surface area contributed by atoms with Crippen molar-refractivity contribution < 1.29 is 32.3 Å². The third kappa shape index (κ3) is 6.67. The van der Waals surface area contributed by atoms with Crippen molar-refractivity contribution >= 4 is 33.3 Å². The Hall–Kier alpha value is -4.51. The number of likely N-dealkylation sites (tertiary alicyclic amines) is 2. The van der Waals surface area contributed by atoms with Gasteiger partial charge in [0.2, 0.25) is 5.91 Å². The highest BCUT2D eigenvalue weighted by Gasteiger charge is 2.52. The zero-order chi connectivity index (χ0) is 31.6. The number of hydrogen-bond acceptors (Lipinski definition) is 7. The summed E-state index contributed by atoms with van der Waals surface area (Å²) < 4.78 is 29.8. The molecule has 2 fully saturated rings. The van der Waals surface area contributed by atoms with Crippen molar-refractivity contribution in [2.75, 3.05) is 19.3 Å². The van der Waals surface area contributed by atoms with Gasteiger partial charge in [-0.2, -0.15) is 0 Å². The van der Waals surface area contributed by atoms with Crippen LogP contribution in [0.15, 0.2) is 83.8 Å². The van der Waals surface area contributed by atoms with Crippen LogP contribution < -0.4 is 10.1 Å². The van der Waals surface area contributed by atoms with Crippen molar-refractivity contribution in [1.29, 1.82) is 0 Å². The Morgan fingerprint density at radius 3 is 2.25 bits per heavy atom. The van der Waals surface area contributed by atoms with Crippen molar-refractivity contribution in [2.24, 2.45) is 5.92 Å². The molecule has 2 saturated heterocycles. The van der Waals surface area contributed by atoms with Crippen LogP contribution in [0.4, 0.5) is 0 Å². The van der Waals surface area contributed by atoms with Crippen LogP contribution in [-0.4, -0.2) is 79.2 Å². The van der Waals surface area contributed by atoms with Gasteiger partial charge in [-0.1, -0.05) is 38.1 Å². The second-order valence-corrected chi connectivity index (χ2v) is 13.6. The van der Waals surface area contributed by atoms with Gasteiger partial charge in [0.15, 0.2) is 15.6 Å². The third-order valence-corrected chi connectivity index (χ3v) is 8.99. The van der Waals surface area contributed by atoms with Crippen molar-refractivity contribution in [3.05, 3.63) is 90.0 Å². The Labute approximate surface area is 256 Å². The van der Waals surface area contributed by atoms with E-state index in [4.69, 9.17) is 4.74 Å². The van der Waals surface area contributed by atoms with Crippen LogP contribution in [-0.2, 0) is 19.4 Å². The maximum absolute atomic E-state index is 13.9. The molecule has 5 rings (SSSR count). The number of carbonyl (C=O) groups is 4. The van der Waals surface area contributed by atoms with Crippen LogP contribution in [0.1, 0.15) is 47.4 Å². The molecule has 1 N–H and O–H groups in total. The minimum absolute atomic E-state index is 0.0132. The van der Waals surface area contributed by atoms with Crippen molar-refractivity contribution in [1.82, 2.24) is 15.1 Å². The summed E-state index contributed by atoms with van der Waals surface area (Å²) in [5, 5.41) is 2.87. The smallest absolute Gasteiger partial charge is 0.254 e. The Bertz CT molecular complexity index is 1670. The van der Waals surface area contributed by atoms with Crippen molar-refractivity contribution in [3.63, 3.8) is 0 Å². The van der Waals surface area contributed by atoms with Crippen molar-refractivity contribution in [3.8, 4) is 11.5 Å². The molecule has 0 unspecified atom stereocenters. The monoisotopic (exact) mass is 617 g/mol. The molecular formula is C33H35N3O7S. The molecule has 0 aromatic heterocycles. The van der Waals surface area contributed by atoms with E-state index in [2.05, 4.69) is 5.32 Å². The molecule has 0 spiro atoms. The summed E-state index contributed by atoms with van der Waals surface area (Å²) in [6.45, 7) is 3.96. The molecule has 0 aliphatic carbocycles. The first kappa shape index (κ1) is 30.9. The number of ketones is 1. The van der Waals surface area contributed by atoms with E-state index < -0.39 is 39.8 Å². The van der Waals surface area contributed by atoms with Gasteiger partial charge >= 0.3 is 0 Å². The molecule has 3 amide bonds. The summed E-state index contributed by atoms with van der Waals surface area (Å²) >= 11 is 0. The van der Waals surface area contributed by atoms with E-state index in [0.717, 1.165) is 6.26 Å². The molecule has 3 atom stereocenters. The number of ether oxygens (including phenoxy) is 1. The SMILES string of the molecule is CC(C)C[C@H](NC(=O)c1ccc(Oc2ccccc2)cc1)C(=O)N1CC[C@@H]2[C@H]1C(=O)CN2C(=O)c1cccc(S(C)(=O)=O)c1. The molecule has 3 aromatic rings. The zero-order valence-corrected chi connectivity index (χ0v) is 25.6. The number of nitrogens with zero attached hydrogens (tertiary/aromatic N) is 2. The van der Waals surface area contributed by atoms with Crippen molar-refractivity contribution in [2.45, 2.75) is 49.7 Å². The maximum atomic E-state index is 13.9. The van der Waals surface area contributed by atoms with E-state index >= 15 is 0 Å². The highest BCUT2D eigenvalue weighted by Crippen LogP contribution is 2.32. The molecule has 2 heterocycles. The average molecular weight is 618 g/mol. The molecule has 44 heavy (non-hydrogen) atoms. The fraction of sp³-hybridized carbons (Fsp3) is 0.333. The first-order chi connectivity index (χ1) is 20.9. The molecular weight excluding hydrogens is 582 g/mol. The molecule has 0 radical (unpaired) electrons. The molecule has 230 valence electrons. The van der Waals surface area contributed by atoms with E-state index in [0.29, 0.717) is 29.9 Å². The second kappa shape index (κ2) is 12.6.